The van der Waals surface area contributed by atoms with Crippen LogP contribution in [0, 0.1) is 0 Å². The molecule has 112 valence electrons. The van der Waals surface area contributed by atoms with E-state index in [-0.39, 0.29) is 0 Å². The van der Waals surface area contributed by atoms with Gasteiger partial charge in [-0.1, -0.05) is 24.8 Å². The fourth-order valence-electron chi connectivity index (χ4n) is 2.23. The highest BCUT2D eigenvalue weighted by Crippen LogP contribution is 2.40. The molecular weight excluding hydrogens is 300 g/mol. The Labute approximate surface area is 133 Å². The fourth-order valence-corrected chi connectivity index (χ4v) is 4.09. The lowest BCUT2D eigenvalue weighted by Gasteiger charge is -2.06. The van der Waals surface area contributed by atoms with E-state index < -0.39 is 0 Å². The topological polar surface area (TPSA) is 43.6 Å². The molecule has 4 nitrogen and oxygen atoms in total. The summed E-state index contributed by atoms with van der Waals surface area (Å²) in [5.74, 6) is 2.60. The van der Waals surface area contributed by atoms with Gasteiger partial charge in [-0.25, -0.2) is 4.98 Å². The second-order valence-electron chi connectivity index (χ2n) is 5.29. The van der Waals surface area contributed by atoms with Gasteiger partial charge >= 0.3 is 0 Å². The van der Waals surface area contributed by atoms with Gasteiger partial charge in [0, 0.05) is 23.6 Å². The molecule has 0 bridgehead atoms. The number of rotatable bonds is 8. The first-order chi connectivity index (χ1) is 10.3. The van der Waals surface area contributed by atoms with E-state index in [0.29, 0.717) is 5.92 Å². The van der Waals surface area contributed by atoms with Crippen LogP contribution >= 0.6 is 23.1 Å². The van der Waals surface area contributed by atoms with Crippen LogP contribution in [0.3, 0.4) is 0 Å². The molecule has 0 aliphatic heterocycles. The largest absolute Gasteiger partial charge is 0.302 e. The van der Waals surface area contributed by atoms with Gasteiger partial charge in [-0.05, 0) is 25.7 Å². The van der Waals surface area contributed by atoms with Gasteiger partial charge in [0.15, 0.2) is 5.16 Å². The number of aryl methyl sites for hydroxylation is 1. The first kappa shape index (κ1) is 14.8. The third-order valence-electron chi connectivity index (χ3n) is 3.41. The molecule has 0 radical (unpaired) electrons. The zero-order valence-corrected chi connectivity index (χ0v) is 13.9. The molecule has 0 amide bonds. The fraction of sp³-hybridized carbons (Fsp3) is 0.533. The third kappa shape index (κ3) is 3.55. The van der Waals surface area contributed by atoms with Gasteiger partial charge < -0.3 is 4.57 Å². The van der Waals surface area contributed by atoms with Crippen molar-refractivity contribution in [1.29, 1.82) is 0 Å². The summed E-state index contributed by atoms with van der Waals surface area (Å²) in [7, 11) is 0. The van der Waals surface area contributed by atoms with Crippen LogP contribution in [-0.2, 0) is 18.7 Å². The minimum atomic E-state index is 0.613. The minimum absolute atomic E-state index is 0.613. The van der Waals surface area contributed by atoms with Gasteiger partial charge in [0.1, 0.15) is 5.82 Å². The van der Waals surface area contributed by atoms with E-state index in [4.69, 9.17) is 0 Å². The van der Waals surface area contributed by atoms with Crippen LogP contribution < -0.4 is 0 Å². The van der Waals surface area contributed by atoms with Gasteiger partial charge in [0.2, 0.25) is 0 Å². The Morgan fingerprint density at radius 1 is 1.48 bits per heavy atom. The minimum Gasteiger partial charge on any atom is -0.302 e. The molecular formula is C15H20N4S2. The number of thioether (sulfide) groups is 1. The zero-order valence-electron chi connectivity index (χ0n) is 12.3. The molecule has 6 heteroatoms. The molecule has 2 aromatic rings. The summed E-state index contributed by atoms with van der Waals surface area (Å²) >= 11 is 3.48. The van der Waals surface area contributed by atoms with Crippen LogP contribution in [0.15, 0.2) is 23.2 Å². The van der Waals surface area contributed by atoms with Crippen LogP contribution in [0.25, 0.3) is 0 Å². The molecule has 0 atom stereocenters. The lowest BCUT2D eigenvalue weighted by Crippen LogP contribution is -2.02. The van der Waals surface area contributed by atoms with E-state index in [9.17, 15) is 0 Å². The predicted octanol–water partition coefficient (Wildman–Crippen LogP) is 4.04. The van der Waals surface area contributed by atoms with Gasteiger partial charge in [-0.3, -0.25) is 0 Å². The lowest BCUT2D eigenvalue weighted by atomic mass is 10.3. The Morgan fingerprint density at radius 2 is 2.33 bits per heavy atom. The summed E-state index contributed by atoms with van der Waals surface area (Å²) in [6.45, 7) is 6.82. The Balaban J connectivity index is 1.67. The Bertz CT molecular complexity index is 613. The molecule has 2 heterocycles. The van der Waals surface area contributed by atoms with Crippen molar-refractivity contribution in [2.24, 2.45) is 0 Å². The van der Waals surface area contributed by atoms with Crippen molar-refractivity contribution in [3.05, 3.63) is 34.6 Å². The highest BCUT2D eigenvalue weighted by molar-refractivity contribution is 7.98. The van der Waals surface area contributed by atoms with Crippen LogP contribution in [0.5, 0.6) is 0 Å². The lowest BCUT2D eigenvalue weighted by molar-refractivity contribution is 0.681. The molecule has 1 saturated carbocycles. The second-order valence-corrected chi connectivity index (χ2v) is 7.17. The van der Waals surface area contributed by atoms with Crippen LogP contribution in [0.1, 0.15) is 48.6 Å². The van der Waals surface area contributed by atoms with E-state index in [1.807, 2.05) is 6.08 Å². The molecule has 1 fully saturated rings. The number of hydrogen-bond acceptors (Lipinski definition) is 5. The standard InChI is InChI=1S/C15H20N4S2/c1-3-5-13-16-12(9-20-13)10-21-15-18-17-14(11-6-7-11)19(15)8-4-2/h4,9,11H,2-3,5-8,10H2,1H3. The maximum atomic E-state index is 4.67. The van der Waals surface area contributed by atoms with E-state index >= 15 is 0 Å². The van der Waals surface area contributed by atoms with Gasteiger partial charge in [0.05, 0.1) is 10.7 Å². The summed E-state index contributed by atoms with van der Waals surface area (Å²) in [6.07, 6.45) is 6.63. The molecule has 0 spiro atoms. The second kappa shape index (κ2) is 6.75. The average molecular weight is 320 g/mol. The first-order valence-electron chi connectivity index (χ1n) is 7.42. The van der Waals surface area contributed by atoms with Gasteiger partial charge in [-0.2, -0.15) is 0 Å². The summed E-state index contributed by atoms with van der Waals surface area (Å²) in [6, 6.07) is 0. The maximum Gasteiger partial charge on any atom is 0.191 e. The summed E-state index contributed by atoms with van der Waals surface area (Å²) in [4.78, 5) is 4.67. The van der Waals surface area contributed by atoms with Crippen molar-refractivity contribution in [3.8, 4) is 0 Å². The maximum absolute atomic E-state index is 4.67. The first-order valence-corrected chi connectivity index (χ1v) is 9.28. The predicted molar refractivity (Wildman–Crippen MR) is 87.9 cm³/mol. The number of allylic oxidation sites excluding steroid dienone is 1. The molecule has 2 aromatic heterocycles. The molecule has 0 N–H and O–H groups in total. The monoisotopic (exact) mass is 320 g/mol. The van der Waals surface area contributed by atoms with Crippen LogP contribution in [0.4, 0.5) is 0 Å². The molecule has 0 saturated heterocycles. The Hall–Kier alpha value is -1.14. The number of aromatic nitrogens is 4. The van der Waals surface area contributed by atoms with E-state index in [0.717, 1.165) is 41.8 Å². The van der Waals surface area contributed by atoms with Gasteiger partial charge in [0.25, 0.3) is 0 Å². The average Bonchev–Trinajstić information content (AvgIpc) is 3.10. The van der Waals surface area contributed by atoms with E-state index in [1.54, 1.807) is 23.1 Å². The normalized spacial score (nSPS) is 14.5. The SMILES string of the molecule is C=CCn1c(SCc2csc(CCC)n2)nnc1C1CC1. The Morgan fingerprint density at radius 3 is 3.05 bits per heavy atom. The highest BCUT2D eigenvalue weighted by Gasteiger charge is 2.30. The van der Waals surface area contributed by atoms with Crippen molar-refractivity contribution in [2.75, 3.05) is 0 Å². The van der Waals surface area contributed by atoms with Crippen molar-refractivity contribution < 1.29 is 0 Å². The zero-order chi connectivity index (χ0) is 14.7. The highest BCUT2D eigenvalue weighted by atomic mass is 32.2. The molecule has 0 aromatic carbocycles. The quantitative estimate of drug-likeness (QED) is 0.544. The number of thiazole rings is 1. The molecule has 3 rings (SSSR count). The number of nitrogens with zero attached hydrogens (tertiary/aromatic N) is 4. The van der Waals surface area contributed by atoms with E-state index in [1.165, 1.54) is 17.8 Å². The summed E-state index contributed by atoms with van der Waals surface area (Å²) in [5.41, 5.74) is 1.15. The summed E-state index contributed by atoms with van der Waals surface area (Å²) in [5, 5.41) is 13.1. The van der Waals surface area contributed by atoms with Crippen LogP contribution in [-0.4, -0.2) is 19.7 Å². The van der Waals surface area contributed by atoms with E-state index in [2.05, 4.69) is 38.6 Å². The molecule has 0 unspecified atom stereocenters. The molecule has 1 aliphatic rings. The van der Waals surface area contributed by atoms with Crippen LogP contribution in [0.2, 0.25) is 0 Å². The number of hydrogen-bond donors (Lipinski definition) is 0. The third-order valence-corrected chi connectivity index (χ3v) is 5.37. The van der Waals surface area contributed by atoms with Crippen molar-refractivity contribution in [1.82, 2.24) is 19.7 Å². The van der Waals surface area contributed by atoms with Crippen molar-refractivity contribution >= 4 is 23.1 Å². The van der Waals surface area contributed by atoms with Gasteiger partial charge in [-0.15, -0.1) is 28.1 Å². The summed E-state index contributed by atoms with van der Waals surface area (Å²) < 4.78 is 2.20. The molecule has 21 heavy (non-hydrogen) atoms. The molecule has 1 aliphatic carbocycles. The van der Waals surface area contributed by atoms with Crippen molar-refractivity contribution in [2.45, 2.75) is 56.0 Å². The van der Waals surface area contributed by atoms with Crippen molar-refractivity contribution in [3.63, 3.8) is 0 Å². The smallest absolute Gasteiger partial charge is 0.191 e. The Kier molecular flexibility index (Phi) is 4.75.